The number of rotatable bonds is 7. The topological polar surface area (TPSA) is 69.2 Å². The van der Waals surface area contributed by atoms with Crippen molar-refractivity contribution in [2.45, 2.75) is 13.3 Å². The molecule has 0 saturated carbocycles. The summed E-state index contributed by atoms with van der Waals surface area (Å²) in [7, 11) is 4.12. The lowest BCUT2D eigenvalue weighted by atomic mass is 10.3. The van der Waals surface area contributed by atoms with E-state index in [1.54, 1.807) is 6.07 Å². The molecule has 0 aliphatic carbocycles. The third-order valence-corrected chi connectivity index (χ3v) is 2.64. The second kappa shape index (κ2) is 6.96. The van der Waals surface area contributed by atoms with E-state index in [2.05, 4.69) is 35.8 Å². The number of nitrogen functional groups attached to an aromatic ring is 1. The van der Waals surface area contributed by atoms with Crippen molar-refractivity contribution in [3.8, 4) is 0 Å². The van der Waals surface area contributed by atoms with Gasteiger partial charge in [0.05, 0.1) is 0 Å². The van der Waals surface area contributed by atoms with E-state index in [0.29, 0.717) is 5.69 Å². The standard InChI is InChI=1S/C13H23N5/c1-4-8-18(10-9-17(2)3)12-7-5-6-11(16-12)13(14)15/h5-7H,4,8-10H2,1-3H3,(H3,14,15). The van der Waals surface area contributed by atoms with Crippen molar-refractivity contribution < 1.29 is 0 Å². The molecule has 0 aliphatic heterocycles. The summed E-state index contributed by atoms with van der Waals surface area (Å²) in [5, 5.41) is 7.43. The van der Waals surface area contributed by atoms with Crippen molar-refractivity contribution in [2.24, 2.45) is 5.73 Å². The molecule has 0 aromatic carbocycles. The first-order valence-corrected chi connectivity index (χ1v) is 6.25. The summed E-state index contributed by atoms with van der Waals surface area (Å²) in [5.41, 5.74) is 6.01. The summed E-state index contributed by atoms with van der Waals surface area (Å²) in [6, 6.07) is 5.64. The van der Waals surface area contributed by atoms with Crippen LogP contribution in [0.5, 0.6) is 0 Å². The number of hydrogen-bond acceptors (Lipinski definition) is 4. The maximum atomic E-state index is 7.43. The fourth-order valence-electron chi connectivity index (χ4n) is 1.68. The molecule has 0 aliphatic rings. The van der Waals surface area contributed by atoms with Crippen LogP contribution in [0.3, 0.4) is 0 Å². The number of anilines is 1. The number of likely N-dealkylation sites (N-methyl/N-ethyl adjacent to an activating group) is 1. The monoisotopic (exact) mass is 249 g/mol. The quantitative estimate of drug-likeness (QED) is 0.562. The Balaban J connectivity index is 2.83. The molecule has 0 amide bonds. The van der Waals surface area contributed by atoms with Gasteiger partial charge in [0, 0.05) is 19.6 Å². The van der Waals surface area contributed by atoms with Crippen LogP contribution in [0.1, 0.15) is 19.0 Å². The smallest absolute Gasteiger partial charge is 0.141 e. The first kappa shape index (κ1) is 14.4. The van der Waals surface area contributed by atoms with Gasteiger partial charge in [0.15, 0.2) is 0 Å². The third kappa shape index (κ3) is 4.33. The summed E-state index contributed by atoms with van der Waals surface area (Å²) in [6.45, 7) is 5.01. The lowest BCUT2D eigenvalue weighted by Gasteiger charge is -2.25. The van der Waals surface area contributed by atoms with E-state index in [0.717, 1.165) is 31.9 Å². The maximum absolute atomic E-state index is 7.43. The number of hydrogen-bond donors (Lipinski definition) is 2. The minimum Gasteiger partial charge on any atom is -0.382 e. The number of amidine groups is 1. The first-order valence-electron chi connectivity index (χ1n) is 6.25. The number of nitrogens with one attached hydrogen (secondary N) is 1. The highest BCUT2D eigenvalue weighted by Gasteiger charge is 2.08. The Morgan fingerprint density at radius 2 is 2.00 bits per heavy atom. The van der Waals surface area contributed by atoms with E-state index in [4.69, 9.17) is 11.1 Å². The largest absolute Gasteiger partial charge is 0.382 e. The molecule has 1 aromatic heterocycles. The van der Waals surface area contributed by atoms with Crippen LogP contribution in [0.2, 0.25) is 0 Å². The van der Waals surface area contributed by atoms with Gasteiger partial charge in [0.1, 0.15) is 17.3 Å². The summed E-state index contributed by atoms with van der Waals surface area (Å²) in [5.74, 6) is 0.910. The Bertz CT molecular complexity index is 389. The Morgan fingerprint density at radius 3 is 2.56 bits per heavy atom. The molecule has 18 heavy (non-hydrogen) atoms. The van der Waals surface area contributed by atoms with Crippen molar-refractivity contribution in [1.82, 2.24) is 9.88 Å². The molecular formula is C13H23N5. The van der Waals surface area contributed by atoms with E-state index < -0.39 is 0 Å². The molecule has 5 nitrogen and oxygen atoms in total. The second-order valence-electron chi connectivity index (χ2n) is 4.59. The van der Waals surface area contributed by atoms with Crippen molar-refractivity contribution in [3.05, 3.63) is 23.9 Å². The number of nitrogens with two attached hydrogens (primary N) is 1. The van der Waals surface area contributed by atoms with Gasteiger partial charge in [-0.3, -0.25) is 5.41 Å². The van der Waals surface area contributed by atoms with Crippen molar-refractivity contribution in [1.29, 1.82) is 5.41 Å². The number of pyridine rings is 1. The summed E-state index contributed by atoms with van der Waals surface area (Å²) in [6.07, 6.45) is 1.07. The van der Waals surface area contributed by atoms with Crippen LogP contribution in [0.15, 0.2) is 18.2 Å². The molecule has 0 radical (unpaired) electrons. The zero-order valence-electron chi connectivity index (χ0n) is 11.5. The van der Waals surface area contributed by atoms with E-state index in [1.165, 1.54) is 0 Å². The van der Waals surface area contributed by atoms with Crippen LogP contribution in [-0.4, -0.2) is 49.4 Å². The van der Waals surface area contributed by atoms with Gasteiger partial charge in [-0.2, -0.15) is 0 Å². The molecule has 0 bridgehead atoms. The molecule has 3 N–H and O–H groups in total. The third-order valence-electron chi connectivity index (χ3n) is 2.64. The summed E-state index contributed by atoms with van der Waals surface area (Å²) < 4.78 is 0. The Hall–Kier alpha value is -1.62. The molecule has 0 unspecified atom stereocenters. The molecule has 1 heterocycles. The molecular weight excluding hydrogens is 226 g/mol. The van der Waals surface area contributed by atoms with Crippen LogP contribution >= 0.6 is 0 Å². The fraction of sp³-hybridized carbons (Fsp3) is 0.538. The van der Waals surface area contributed by atoms with E-state index in [9.17, 15) is 0 Å². The normalized spacial score (nSPS) is 10.7. The first-order chi connectivity index (χ1) is 8.54. The van der Waals surface area contributed by atoms with Gasteiger partial charge in [-0.05, 0) is 32.6 Å². The summed E-state index contributed by atoms with van der Waals surface area (Å²) >= 11 is 0. The van der Waals surface area contributed by atoms with Crippen molar-refractivity contribution in [3.63, 3.8) is 0 Å². The fourth-order valence-corrected chi connectivity index (χ4v) is 1.68. The maximum Gasteiger partial charge on any atom is 0.141 e. The molecule has 0 fully saturated rings. The predicted octanol–water partition coefficient (Wildman–Crippen LogP) is 1.14. The number of nitrogens with zero attached hydrogens (tertiary/aromatic N) is 3. The van der Waals surface area contributed by atoms with Gasteiger partial charge in [-0.25, -0.2) is 4.98 Å². The van der Waals surface area contributed by atoms with Gasteiger partial charge >= 0.3 is 0 Å². The molecule has 5 heteroatoms. The van der Waals surface area contributed by atoms with Crippen LogP contribution in [0, 0.1) is 5.41 Å². The van der Waals surface area contributed by atoms with Gasteiger partial charge in [-0.15, -0.1) is 0 Å². The minimum atomic E-state index is 0.0147. The SMILES string of the molecule is CCCN(CCN(C)C)c1cccc(C(=N)N)n1. The van der Waals surface area contributed by atoms with E-state index in [-0.39, 0.29) is 5.84 Å². The molecule has 1 rings (SSSR count). The highest BCUT2D eigenvalue weighted by atomic mass is 15.2. The zero-order chi connectivity index (χ0) is 13.5. The Labute approximate surface area is 109 Å². The highest BCUT2D eigenvalue weighted by molar-refractivity contribution is 5.93. The average Bonchev–Trinajstić information content (AvgIpc) is 2.34. The Kier molecular flexibility index (Phi) is 5.58. The molecule has 0 atom stereocenters. The van der Waals surface area contributed by atoms with Crippen LogP contribution in [0.4, 0.5) is 5.82 Å². The highest BCUT2D eigenvalue weighted by Crippen LogP contribution is 2.11. The minimum absolute atomic E-state index is 0.0147. The molecule has 1 aromatic rings. The summed E-state index contributed by atoms with van der Waals surface area (Å²) in [4.78, 5) is 8.81. The number of aromatic nitrogens is 1. The van der Waals surface area contributed by atoms with Gasteiger partial charge in [0.25, 0.3) is 0 Å². The molecule has 0 spiro atoms. The second-order valence-corrected chi connectivity index (χ2v) is 4.59. The van der Waals surface area contributed by atoms with Crippen molar-refractivity contribution in [2.75, 3.05) is 38.6 Å². The van der Waals surface area contributed by atoms with E-state index in [1.807, 2.05) is 12.1 Å². The lowest BCUT2D eigenvalue weighted by Crippen LogP contribution is -2.33. The van der Waals surface area contributed by atoms with Gasteiger partial charge in [-0.1, -0.05) is 13.0 Å². The van der Waals surface area contributed by atoms with Gasteiger partial charge < -0.3 is 15.5 Å². The van der Waals surface area contributed by atoms with Crippen LogP contribution in [0.25, 0.3) is 0 Å². The predicted molar refractivity (Wildman–Crippen MR) is 76.3 cm³/mol. The lowest BCUT2D eigenvalue weighted by molar-refractivity contribution is 0.412. The molecule has 100 valence electrons. The van der Waals surface area contributed by atoms with E-state index >= 15 is 0 Å². The average molecular weight is 249 g/mol. The zero-order valence-corrected chi connectivity index (χ0v) is 11.5. The van der Waals surface area contributed by atoms with Crippen LogP contribution < -0.4 is 10.6 Å². The Morgan fingerprint density at radius 1 is 1.28 bits per heavy atom. The van der Waals surface area contributed by atoms with Crippen molar-refractivity contribution >= 4 is 11.7 Å². The molecule has 0 saturated heterocycles. The van der Waals surface area contributed by atoms with Crippen LogP contribution in [-0.2, 0) is 0 Å². The van der Waals surface area contributed by atoms with Gasteiger partial charge in [0.2, 0.25) is 0 Å².